The molecule has 0 heterocycles. The number of nitriles is 1. The van der Waals surface area contributed by atoms with Crippen molar-refractivity contribution in [2.24, 2.45) is 0 Å². The van der Waals surface area contributed by atoms with Gasteiger partial charge in [-0.1, -0.05) is 6.07 Å². The van der Waals surface area contributed by atoms with E-state index in [0.29, 0.717) is 6.07 Å². The topological polar surface area (TPSA) is 64.9 Å². The van der Waals surface area contributed by atoms with E-state index in [-0.39, 0.29) is 5.56 Å². The first kappa shape index (κ1) is 18.8. The lowest BCUT2D eigenvalue weighted by Gasteiger charge is -2.20. The van der Waals surface area contributed by atoms with Gasteiger partial charge < -0.3 is 5.32 Å². The molecule has 2 N–H and O–H groups in total. The van der Waals surface area contributed by atoms with Crippen LogP contribution in [0.3, 0.4) is 0 Å². The van der Waals surface area contributed by atoms with E-state index >= 15 is 0 Å². The molecule has 1 atom stereocenters. The Morgan fingerprint density at radius 1 is 1.26 bits per heavy atom. The molecule has 0 radical (unpaired) electrons. The summed E-state index contributed by atoms with van der Waals surface area (Å²) < 4.78 is 75.5. The Morgan fingerprint density at radius 3 is 2.30 bits per heavy atom. The Morgan fingerprint density at radius 2 is 1.87 bits per heavy atom. The zero-order valence-electron chi connectivity index (χ0n) is 11.6. The average Bonchev–Trinajstić information content (AvgIpc) is 2.44. The molecule has 1 rings (SSSR count). The van der Waals surface area contributed by atoms with Gasteiger partial charge >= 0.3 is 12.4 Å². The quantitative estimate of drug-likeness (QED) is 0.829. The van der Waals surface area contributed by atoms with Crippen molar-refractivity contribution >= 4 is 5.91 Å². The van der Waals surface area contributed by atoms with Crippen molar-refractivity contribution in [1.29, 1.82) is 5.26 Å². The third kappa shape index (κ3) is 5.14. The van der Waals surface area contributed by atoms with Gasteiger partial charge in [-0.25, -0.2) is 0 Å². The highest BCUT2D eigenvalue weighted by molar-refractivity contribution is 5.83. The molecule has 0 bridgehead atoms. The zero-order valence-corrected chi connectivity index (χ0v) is 11.6. The lowest BCUT2D eigenvalue weighted by atomic mass is 9.99. The Hall–Kier alpha value is -2.28. The van der Waals surface area contributed by atoms with Crippen LogP contribution in [0, 0.1) is 11.3 Å². The second kappa shape index (κ2) is 6.87. The molecule has 10 heteroatoms. The first-order valence-electron chi connectivity index (χ1n) is 6.12. The highest BCUT2D eigenvalue weighted by Crippen LogP contribution is 2.33. The van der Waals surface area contributed by atoms with Crippen molar-refractivity contribution in [2.75, 3.05) is 13.6 Å². The molecule has 0 aliphatic rings. The largest absolute Gasteiger partial charge is 0.417 e. The van der Waals surface area contributed by atoms with Crippen LogP contribution in [0.1, 0.15) is 22.7 Å². The summed E-state index contributed by atoms with van der Waals surface area (Å²) in [5.74, 6) is -0.938. The van der Waals surface area contributed by atoms with E-state index in [9.17, 15) is 31.1 Å². The van der Waals surface area contributed by atoms with Crippen LogP contribution in [0.2, 0.25) is 0 Å². The third-order valence-corrected chi connectivity index (χ3v) is 2.82. The lowest BCUT2D eigenvalue weighted by molar-refractivity contribution is -0.138. The van der Waals surface area contributed by atoms with Crippen molar-refractivity contribution in [2.45, 2.75) is 18.4 Å². The van der Waals surface area contributed by atoms with E-state index in [4.69, 9.17) is 5.26 Å². The number of benzene rings is 1. The van der Waals surface area contributed by atoms with Gasteiger partial charge in [0.15, 0.2) is 0 Å². The van der Waals surface area contributed by atoms with Gasteiger partial charge in [0.05, 0.1) is 23.7 Å². The number of likely N-dealkylation sites (N-methyl/N-ethyl adjacent to an activating group) is 1. The van der Waals surface area contributed by atoms with Gasteiger partial charge in [0, 0.05) is 7.05 Å². The van der Waals surface area contributed by atoms with Gasteiger partial charge in [-0.2, -0.15) is 31.6 Å². The molecule has 126 valence electrons. The molecule has 0 fully saturated rings. The summed E-state index contributed by atoms with van der Waals surface area (Å²) in [6.07, 6.45) is -9.52. The molecule has 1 unspecified atom stereocenters. The van der Waals surface area contributed by atoms with Crippen LogP contribution in [0.25, 0.3) is 0 Å². The van der Waals surface area contributed by atoms with Crippen molar-refractivity contribution in [3.05, 3.63) is 34.9 Å². The molecular formula is C13H11F6N3O. The van der Waals surface area contributed by atoms with E-state index in [1.54, 1.807) is 0 Å². The van der Waals surface area contributed by atoms with E-state index in [1.807, 2.05) is 5.32 Å². The van der Waals surface area contributed by atoms with Crippen LogP contribution >= 0.6 is 0 Å². The fourth-order valence-electron chi connectivity index (χ4n) is 1.80. The number of nitrogens with one attached hydrogen (secondary N) is 2. The molecule has 4 nitrogen and oxygen atoms in total. The van der Waals surface area contributed by atoms with Crippen molar-refractivity contribution < 1.29 is 31.1 Å². The summed E-state index contributed by atoms with van der Waals surface area (Å²) >= 11 is 0. The molecule has 23 heavy (non-hydrogen) atoms. The van der Waals surface area contributed by atoms with Gasteiger partial charge in [-0.05, 0) is 17.7 Å². The zero-order chi connectivity index (χ0) is 17.8. The number of carbonyl (C=O) groups is 1. The third-order valence-electron chi connectivity index (χ3n) is 2.82. The second-order valence-corrected chi connectivity index (χ2v) is 4.46. The van der Waals surface area contributed by atoms with E-state index in [0.717, 1.165) is 19.2 Å². The number of alkyl halides is 6. The van der Waals surface area contributed by atoms with Gasteiger partial charge in [0.25, 0.3) is 0 Å². The predicted molar refractivity (Wildman–Crippen MR) is 67.0 cm³/mol. The minimum atomic E-state index is -4.88. The highest BCUT2D eigenvalue weighted by atomic mass is 19.4. The van der Waals surface area contributed by atoms with E-state index in [1.165, 1.54) is 6.07 Å². The number of carbonyl (C=O) groups excluding carboxylic acids is 1. The van der Waals surface area contributed by atoms with Crippen molar-refractivity contribution in [3.8, 4) is 6.07 Å². The summed E-state index contributed by atoms with van der Waals surface area (Å²) in [6.45, 7) is -1.56. The predicted octanol–water partition coefficient (Wildman–Crippen LogP) is 2.52. The first-order chi connectivity index (χ1) is 10.5. The van der Waals surface area contributed by atoms with Gasteiger partial charge in [-0.3, -0.25) is 10.1 Å². The summed E-state index contributed by atoms with van der Waals surface area (Å²) in [7, 11) is 1.14. The summed E-state index contributed by atoms with van der Waals surface area (Å²) in [5.41, 5.74) is -2.34. The number of hydrogen-bond donors (Lipinski definition) is 2. The molecule has 1 aromatic carbocycles. The Balaban J connectivity index is 3.27. The standard InChI is InChI=1S/C13H11F6N3O/c1-21-11(23)10(22-6-12(14,15)16)7-2-3-8(5-20)9(4-7)13(17,18)19/h2-4,10,22H,6H2,1H3,(H,21,23). The molecule has 1 aromatic rings. The van der Waals surface area contributed by atoms with E-state index in [2.05, 4.69) is 5.32 Å². The van der Waals surface area contributed by atoms with E-state index < -0.39 is 42.0 Å². The smallest absolute Gasteiger partial charge is 0.358 e. The van der Waals surface area contributed by atoms with Gasteiger partial charge in [0.1, 0.15) is 6.04 Å². The van der Waals surface area contributed by atoms with Crippen molar-refractivity contribution in [3.63, 3.8) is 0 Å². The minimum absolute atomic E-state index is 0.333. The maximum atomic E-state index is 12.9. The summed E-state index contributed by atoms with van der Waals surface area (Å²) in [5, 5.41) is 12.6. The Kier molecular flexibility index (Phi) is 5.60. The number of amides is 1. The molecular weight excluding hydrogens is 328 g/mol. The maximum Gasteiger partial charge on any atom is 0.417 e. The molecule has 0 aliphatic carbocycles. The number of hydrogen-bond acceptors (Lipinski definition) is 3. The number of nitrogens with zero attached hydrogens (tertiary/aromatic N) is 1. The maximum absolute atomic E-state index is 12.9. The minimum Gasteiger partial charge on any atom is -0.358 e. The first-order valence-corrected chi connectivity index (χ1v) is 6.12. The Bertz CT molecular complexity index is 618. The summed E-state index contributed by atoms with van der Waals surface area (Å²) in [4.78, 5) is 11.7. The van der Waals surface area contributed by atoms with Crippen LogP contribution in [0.5, 0.6) is 0 Å². The Labute approximate surface area is 127 Å². The molecule has 0 aliphatic heterocycles. The fraction of sp³-hybridized carbons (Fsp3) is 0.385. The molecule has 0 aromatic heterocycles. The molecule has 1 amide bonds. The van der Waals surface area contributed by atoms with Crippen molar-refractivity contribution in [1.82, 2.24) is 10.6 Å². The number of halogens is 6. The van der Waals surface area contributed by atoms with Crippen LogP contribution in [0.15, 0.2) is 18.2 Å². The molecule has 0 spiro atoms. The second-order valence-electron chi connectivity index (χ2n) is 4.46. The monoisotopic (exact) mass is 339 g/mol. The van der Waals surface area contributed by atoms with Gasteiger partial charge in [-0.15, -0.1) is 0 Å². The SMILES string of the molecule is CNC(=O)C(NCC(F)(F)F)c1ccc(C#N)c(C(F)(F)F)c1. The molecule has 0 saturated heterocycles. The summed E-state index contributed by atoms with van der Waals surface area (Å²) in [6, 6.07) is 2.00. The van der Waals surface area contributed by atoms with Crippen LogP contribution in [0.4, 0.5) is 26.3 Å². The number of rotatable bonds is 4. The average molecular weight is 339 g/mol. The lowest BCUT2D eigenvalue weighted by Crippen LogP contribution is -2.40. The van der Waals surface area contributed by atoms with Gasteiger partial charge in [0.2, 0.25) is 5.91 Å². The van der Waals surface area contributed by atoms with Crippen LogP contribution in [-0.2, 0) is 11.0 Å². The normalized spacial score (nSPS) is 13.3. The van der Waals surface area contributed by atoms with Crippen LogP contribution in [-0.4, -0.2) is 25.7 Å². The highest BCUT2D eigenvalue weighted by Gasteiger charge is 2.36. The van der Waals surface area contributed by atoms with Crippen LogP contribution < -0.4 is 10.6 Å². The molecule has 0 saturated carbocycles. The fourth-order valence-corrected chi connectivity index (χ4v) is 1.80.